The van der Waals surface area contributed by atoms with Gasteiger partial charge in [-0.1, -0.05) is 33.1 Å². The van der Waals surface area contributed by atoms with Crippen molar-refractivity contribution in [2.45, 2.75) is 46.0 Å². The van der Waals surface area contributed by atoms with Crippen LogP contribution in [0.15, 0.2) is 0 Å². The van der Waals surface area contributed by atoms with Crippen molar-refractivity contribution in [2.75, 3.05) is 19.8 Å². The van der Waals surface area contributed by atoms with Crippen LogP contribution < -0.4 is 0 Å². The molecule has 0 aromatic heterocycles. The third kappa shape index (κ3) is 6.13. The van der Waals surface area contributed by atoms with Gasteiger partial charge in [-0.25, -0.2) is 0 Å². The monoisotopic (exact) mass is 218 g/mol. The van der Waals surface area contributed by atoms with Crippen LogP contribution in [0.4, 0.5) is 0 Å². The van der Waals surface area contributed by atoms with Crippen LogP contribution in [0.1, 0.15) is 46.0 Å². The molecule has 0 radical (unpaired) electrons. The second-order valence-electron chi connectivity index (χ2n) is 4.88. The minimum atomic E-state index is -0.445. The smallest absolute Gasteiger partial charge is 0.0506 e. The second kappa shape index (κ2) is 8.08. The van der Waals surface area contributed by atoms with Gasteiger partial charge in [0.2, 0.25) is 0 Å². The van der Waals surface area contributed by atoms with Gasteiger partial charge in [0.05, 0.1) is 13.2 Å². The zero-order chi connectivity index (χ0) is 11.7. The molecule has 0 aliphatic rings. The van der Waals surface area contributed by atoms with Crippen LogP contribution in [-0.2, 0) is 0 Å². The Kier molecular flexibility index (Phi) is 8.02. The van der Waals surface area contributed by atoms with Crippen molar-refractivity contribution in [3.05, 3.63) is 0 Å². The Balaban J connectivity index is 3.95. The molecule has 0 aromatic carbocycles. The Labute approximate surface area is 93.1 Å². The van der Waals surface area contributed by atoms with Gasteiger partial charge in [-0.05, 0) is 18.8 Å². The summed E-state index contributed by atoms with van der Waals surface area (Å²) in [5, 5.41) is 27.5. The summed E-state index contributed by atoms with van der Waals surface area (Å²) in [5.74, 6) is 0.209. The molecular formula is C12H26O3. The van der Waals surface area contributed by atoms with Gasteiger partial charge < -0.3 is 15.3 Å². The van der Waals surface area contributed by atoms with Gasteiger partial charge in [0, 0.05) is 12.0 Å². The Morgan fingerprint density at radius 1 is 1.07 bits per heavy atom. The molecule has 0 rings (SSSR count). The van der Waals surface area contributed by atoms with E-state index in [0.29, 0.717) is 6.42 Å². The van der Waals surface area contributed by atoms with Crippen molar-refractivity contribution in [3.63, 3.8) is 0 Å². The molecule has 0 aliphatic carbocycles. The van der Waals surface area contributed by atoms with Crippen LogP contribution >= 0.6 is 0 Å². The van der Waals surface area contributed by atoms with Gasteiger partial charge in [0.25, 0.3) is 0 Å². The van der Waals surface area contributed by atoms with Crippen molar-refractivity contribution < 1.29 is 15.3 Å². The molecule has 0 heterocycles. The Morgan fingerprint density at radius 2 is 1.67 bits per heavy atom. The highest BCUT2D eigenvalue weighted by Gasteiger charge is 2.26. The predicted molar refractivity (Wildman–Crippen MR) is 61.6 cm³/mol. The Hall–Kier alpha value is -0.120. The van der Waals surface area contributed by atoms with E-state index in [1.54, 1.807) is 0 Å². The number of rotatable bonds is 9. The van der Waals surface area contributed by atoms with Crippen molar-refractivity contribution >= 4 is 0 Å². The zero-order valence-corrected chi connectivity index (χ0v) is 10.1. The van der Waals surface area contributed by atoms with Crippen LogP contribution in [0.5, 0.6) is 0 Å². The molecule has 15 heavy (non-hydrogen) atoms. The van der Waals surface area contributed by atoms with E-state index in [1.807, 2.05) is 6.92 Å². The first-order valence-corrected chi connectivity index (χ1v) is 5.94. The number of aliphatic hydroxyl groups excluding tert-OH is 3. The van der Waals surface area contributed by atoms with E-state index < -0.39 is 5.41 Å². The van der Waals surface area contributed by atoms with Gasteiger partial charge in [-0.2, -0.15) is 0 Å². The molecule has 3 nitrogen and oxygen atoms in total. The molecule has 1 atom stereocenters. The van der Waals surface area contributed by atoms with Gasteiger partial charge >= 0.3 is 0 Å². The Morgan fingerprint density at radius 3 is 2.07 bits per heavy atom. The lowest BCUT2D eigenvalue weighted by Gasteiger charge is -2.29. The van der Waals surface area contributed by atoms with Crippen LogP contribution in [0.2, 0.25) is 0 Å². The van der Waals surface area contributed by atoms with Crippen LogP contribution in [0.3, 0.4) is 0 Å². The summed E-state index contributed by atoms with van der Waals surface area (Å²) in [6.07, 6.45) is 5.16. The topological polar surface area (TPSA) is 60.7 Å². The summed E-state index contributed by atoms with van der Waals surface area (Å²) in [4.78, 5) is 0. The van der Waals surface area contributed by atoms with Gasteiger partial charge in [0.1, 0.15) is 0 Å². The number of aliphatic hydroxyl groups is 3. The van der Waals surface area contributed by atoms with Crippen molar-refractivity contribution in [1.29, 1.82) is 0 Å². The summed E-state index contributed by atoms with van der Waals surface area (Å²) >= 11 is 0. The molecular weight excluding hydrogens is 192 g/mol. The molecule has 0 fully saturated rings. The molecule has 0 spiro atoms. The minimum absolute atomic E-state index is 0.0201. The molecule has 0 amide bonds. The fourth-order valence-corrected chi connectivity index (χ4v) is 1.82. The molecule has 92 valence electrons. The second-order valence-corrected chi connectivity index (χ2v) is 4.88. The van der Waals surface area contributed by atoms with Crippen LogP contribution in [0, 0.1) is 11.3 Å². The lowest BCUT2D eigenvalue weighted by Crippen LogP contribution is -2.30. The number of unbranched alkanes of at least 4 members (excludes halogenated alkanes) is 2. The van der Waals surface area contributed by atoms with Crippen LogP contribution in [-0.4, -0.2) is 35.1 Å². The minimum Gasteiger partial charge on any atom is -0.396 e. The van der Waals surface area contributed by atoms with Gasteiger partial charge in [-0.3, -0.25) is 0 Å². The highest BCUT2D eigenvalue weighted by Crippen LogP contribution is 2.27. The zero-order valence-electron chi connectivity index (χ0n) is 10.1. The van der Waals surface area contributed by atoms with E-state index in [0.717, 1.165) is 12.8 Å². The van der Waals surface area contributed by atoms with Crippen molar-refractivity contribution in [3.8, 4) is 0 Å². The average molecular weight is 218 g/mol. The molecule has 0 saturated heterocycles. The summed E-state index contributed by atoms with van der Waals surface area (Å²) in [7, 11) is 0. The van der Waals surface area contributed by atoms with E-state index in [1.165, 1.54) is 12.8 Å². The maximum absolute atomic E-state index is 9.22. The van der Waals surface area contributed by atoms with Gasteiger partial charge in [-0.15, -0.1) is 0 Å². The first-order valence-electron chi connectivity index (χ1n) is 5.94. The van der Waals surface area contributed by atoms with E-state index in [9.17, 15) is 5.11 Å². The SMILES string of the molecule is CCCCCC(CO)CC(C)(CO)CO. The number of hydrogen-bond acceptors (Lipinski definition) is 3. The molecule has 3 heteroatoms. The largest absolute Gasteiger partial charge is 0.396 e. The quantitative estimate of drug-likeness (QED) is 0.515. The first-order chi connectivity index (χ1) is 7.11. The number of hydrogen-bond donors (Lipinski definition) is 3. The Bertz CT molecular complexity index is 144. The van der Waals surface area contributed by atoms with Crippen molar-refractivity contribution in [2.24, 2.45) is 11.3 Å². The lowest BCUT2D eigenvalue weighted by atomic mass is 9.80. The third-order valence-corrected chi connectivity index (χ3v) is 3.02. The van der Waals surface area contributed by atoms with E-state index >= 15 is 0 Å². The first kappa shape index (κ1) is 14.9. The summed E-state index contributed by atoms with van der Waals surface area (Å²) in [6, 6.07) is 0. The fourth-order valence-electron chi connectivity index (χ4n) is 1.82. The van der Waals surface area contributed by atoms with Crippen LogP contribution in [0.25, 0.3) is 0 Å². The highest BCUT2D eigenvalue weighted by atomic mass is 16.3. The maximum Gasteiger partial charge on any atom is 0.0506 e. The summed E-state index contributed by atoms with van der Waals surface area (Å²) in [6.45, 7) is 4.12. The third-order valence-electron chi connectivity index (χ3n) is 3.02. The lowest BCUT2D eigenvalue weighted by molar-refractivity contribution is 0.0363. The predicted octanol–water partition coefficient (Wildman–Crippen LogP) is 1.56. The van der Waals surface area contributed by atoms with Gasteiger partial charge in [0.15, 0.2) is 0 Å². The fraction of sp³-hybridized carbons (Fsp3) is 1.00. The summed E-state index contributed by atoms with van der Waals surface area (Å²) < 4.78 is 0. The summed E-state index contributed by atoms with van der Waals surface area (Å²) in [5.41, 5.74) is -0.445. The maximum atomic E-state index is 9.22. The molecule has 0 bridgehead atoms. The molecule has 0 aromatic rings. The van der Waals surface area contributed by atoms with E-state index in [2.05, 4.69) is 6.92 Å². The van der Waals surface area contributed by atoms with Crippen molar-refractivity contribution in [1.82, 2.24) is 0 Å². The molecule has 1 unspecified atom stereocenters. The molecule has 0 saturated carbocycles. The van der Waals surface area contributed by atoms with E-state index in [4.69, 9.17) is 10.2 Å². The highest BCUT2D eigenvalue weighted by molar-refractivity contribution is 4.76. The molecule has 3 N–H and O–H groups in total. The average Bonchev–Trinajstić information content (AvgIpc) is 2.27. The normalized spacial score (nSPS) is 14.2. The standard InChI is InChI=1S/C12H26O3/c1-3-4-5-6-11(8-13)7-12(2,9-14)10-15/h11,13-15H,3-10H2,1-2H3. The molecule has 0 aliphatic heterocycles. The van der Waals surface area contributed by atoms with E-state index in [-0.39, 0.29) is 25.7 Å².